The number of thioether (sulfide) groups is 1. The van der Waals surface area contributed by atoms with Crippen LogP contribution in [0, 0.1) is 0 Å². The Kier molecular flexibility index (Phi) is 3.49. The number of hydrogen-bond donors (Lipinski definition) is 1. The van der Waals surface area contributed by atoms with Crippen LogP contribution in [0.15, 0.2) is 18.2 Å². The predicted octanol–water partition coefficient (Wildman–Crippen LogP) is 3.37. The fourth-order valence-electron chi connectivity index (χ4n) is 2.84. The molecule has 1 aromatic carbocycles. The van der Waals surface area contributed by atoms with E-state index in [4.69, 9.17) is 14.6 Å². The zero-order valence-corrected chi connectivity index (χ0v) is 14.7. The van der Waals surface area contributed by atoms with Crippen molar-refractivity contribution in [2.45, 2.75) is 37.8 Å². The van der Waals surface area contributed by atoms with Gasteiger partial charge in [0, 0.05) is 22.6 Å². The van der Waals surface area contributed by atoms with Crippen molar-refractivity contribution in [3.05, 3.63) is 35.0 Å². The molecule has 0 aliphatic carbocycles. The van der Waals surface area contributed by atoms with E-state index < -0.39 is 0 Å². The number of amides is 1. The molecule has 2 aromatic rings. The van der Waals surface area contributed by atoms with Crippen LogP contribution in [0.2, 0.25) is 0 Å². The largest absolute Gasteiger partial charge is 0.454 e. The Balaban J connectivity index is 1.67. The van der Waals surface area contributed by atoms with Crippen LogP contribution < -0.4 is 14.8 Å². The van der Waals surface area contributed by atoms with Crippen LogP contribution >= 0.6 is 11.8 Å². The van der Waals surface area contributed by atoms with E-state index >= 15 is 0 Å². The van der Waals surface area contributed by atoms with Gasteiger partial charge in [0.1, 0.15) is 5.82 Å². The van der Waals surface area contributed by atoms with Crippen LogP contribution in [0.1, 0.15) is 42.4 Å². The Bertz CT molecular complexity index is 823. The van der Waals surface area contributed by atoms with Crippen molar-refractivity contribution in [3.63, 3.8) is 0 Å². The van der Waals surface area contributed by atoms with Crippen molar-refractivity contribution in [1.82, 2.24) is 9.78 Å². The highest BCUT2D eigenvalue weighted by Crippen LogP contribution is 2.38. The Morgan fingerprint density at radius 1 is 1.25 bits per heavy atom. The van der Waals surface area contributed by atoms with E-state index in [1.165, 1.54) is 0 Å². The van der Waals surface area contributed by atoms with E-state index in [1.54, 1.807) is 18.2 Å². The first-order valence-electron chi connectivity index (χ1n) is 7.83. The summed E-state index contributed by atoms with van der Waals surface area (Å²) >= 11 is 1.82. The van der Waals surface area contributed by atoms with Crippen molar-refractivity contribution in [3.8, 4) is 11.5 Å². The van der Waals surface area contributed by atoms with Gasteiger partial charge in [-0.15, -0.1) is 0 Å². The lowest BCUT2D eigenvalue weighted by Crippen LogP contribution is -2.27. The lowest BCUT2D eigenvalue weighted by atomic mass is 10.1. The lowest BCUT2D eigenvalue weighted by molar-refractivity contribution is 0.102. The number of fused-ring (bicyclic) bond motifs is 2. The van der Waals surface area contributed by atoms with Gasteiger partial charge in [-0.25, -0.2) is 4.68 Å². The maximum absolute atomic E-state index is 12.7. The van der Waals surface area contributed by atoms with Gasteiger partial charge in [-0.1, -0.05) is 0 Å². The van der Waals surface area contributed by atoms with Crippen LogP contribution in [0.25, 0.3) is 0 Å². The predicted molar refractivity (Wildman–Crippen MR) is 92.7 cm³/mol. The summed E-state index contributed by atoms with van der Waals surface area (Å²) in [5.41, 5.74) is 2.53. The minimum atomic E-state index is -0.202. The van der Waals surface area contributed by atoms with Gasteiger partial charge < -0.3 is 14.8 Å². The zero-order valence-electron chi connectivity index (χ0n) is 13.9. The van der Waals surface area contributed by atoms with E-state index in [2.05, 4.69) is 26.1 Å². The number of anilines is 1. The van der Waals surface area contributed by atoms with Crippen LogP contribution in [-0.4, -0.2) is 22.5 Å². The first-order chi connectivity index (χ1) is 11.4. The number of rotatable bonds is 2. The molecule has 1 amide bonds. The highest BCUT2D eigenvalue weighted by Gasteiger charge is 2.29. The molecular formula is C17H19N3O3S. The average Bonchev–Trinajstić information content (AvgIpc) is 3.21. The van der Waals surface area contributed by atoms with E-state index in [-0.39, 0.29) is 18.2 Å². The number of aromatic nitrogens is 2. The molecule has 0 spiro atoms. The SMILES string of the molecule is CC(C)(C)n1nc2c(c1NC(=O)c1ccc3c(c1)OCO3)CSC2. The number of nitrogens with zero attached hydrogens (tertiary/aromatic N) is 2. The van der Waals surface area contributed by atoms with Crippen molar-refractivity contribution < 1.29 is 14.3 Å². The monoisotopic (exact) mass is 345 g/mol. The van der Waals surface area contributed by atoms with Gasteiger partial charge in [0.15, 0.2) is 11.5 Å². The zero-order chi connectivity index (χ0) is 16.9. The van der Waals surface area contributed by atoms with Gasteiger partial charge in [0.25, 0.3) is 5.91 Å². The number of benzene rings is 1. The quantitative estimate of drug-likeness (QED) is 0.904. The minimum Gasteiger partial charge on any atom is -0.454 e. The van der Waals surface area contributed by atoms with Crippen LogP contribution in [-0.2, 0) is 17.0 Å². The smallest absolute Gasteiger partial charge is 0.256 e. The number of ether oxygens (including phenoxy) is 2. The molecule has 3 heterocycles. The molecule has 1 aromatic heterocycles. The molecule has 0 radical (unpaired) electrons. The summed E-state index contributed by atoms with van der Waals surface area (Å²) < 4.78 is 12.6. The number of carbonyl (C=O) groups is 1. The highest BCUT2D eigenvalue weighted by molar-refractivity contribution is 7.98. The molecule has 0 fully saturated rings. The molecule has 24 heavy (non-hydrogen) atoms. The molecule has 2 aliphatic rings. The van der Waals surface area contributed by atoms with Gasteiger partial charge in [-0.3, -0.25) is 4.79 Å². The molecule has 0 atom stereocenters. The number of nitrogens with one attached hydrogen (secondary N) is 1. The van der Waals surface area contributed by atoms with Crippen LogP contribution in [0.3, 0.4) is 0 Å². The van der Waals surface area contributed by atoms with Crippen molar-refractivity contribution >= 4 is 23.5 Å². The summed E-state index contributed by atoms with van der Waals surface area (Å²) in [7, 11) is 0. The lowest BCUT2D eigenvalue weighted by Gasteiger charge is -2.23. The molecular weight excluding hydrogens is 326 g/mol. The van der Waals surface area contributed by atoms with Gasteiger partial charge >= 0.3 is 0 Å². The second-order valence-electron chi connectivity index (χ2n) is 6.87. The third-order valence-electron chi connectivity index (χ3n) is 4.05. The maximum atomic E-state index is 12.7. The molecule has 0 unspecified atom stereocenters. The number of carbonyl (C=O) groups excluding carboxylic acids is 1. The highest BCUT2D eigenvalue weighted by atomic mass is 32.2. The van der Waals surface area contributed by atoms with E-state index in [1.807, 2.05) is 16.4 Å². The van der Waals surface area contributed by atoms with Gasteiger partial charge in [0.2, 0.25) is 6.79 Å². The molecule has 2 aliphatic heterocycles. The Hall–Kier alpha value is -2.15. The van der Waals surface area contributed by atoms with Crippen molar-refractivity contribution in [1.29, 1.82) is 0 Å². The normalized spacial score (nSPS) is 15.5. The fraction of sp³-hybridized carbons (Fsp3) is 0.412. The summed E-state index contributed by atoms with van der Waals surface area (Å²) in [6, 6.07) is 5.22. The average molecular weight is 345 g/mol. The first kappa shape index (κ1) is 15.4. The molecule has 0 saturated carbocycles. The van der Waals surface area contributed by atoms with Crippen molar-refractivity contribution in [2.75, 3.05) is 12.1 Å². The standard InChI is InChI=1S/C17H19N3O3S/c1-17(2,3)20-15(11-7-24-8-12(11)19-20)18-16(21)10-4-5-13-14(6-10)23-9-22-13/h4-6H,7-9H2,1-3H3,(H,18,21). The second kappa shape index (κ2) is 5.44. The summed E-state index contributed by atoms with van der Waals surface area (Å²) in [6.45, 7) is 6.44. The Morgan fingerprint density at radius 2 is 2.04 bits per heavy atom. The summed E-state index contributed by atoms with van der Waals surface area (Å²) in [6.07, 6.45) is 0. The third kappa shape index (κ3) is 2.53. The first-order valence-corrected chi connectivity index (χ1v) is 8.99. The van der Waals surface area contributed by atoms with Crippen molar-refractivity contribution in [2.24, 2.45) is 0 Å². The molecule has 6 nitrogen and oxygen atoms in total. The minimum absolute atomic E-state index is 0.168. The summed E-state index contributed by atoms with van der Waals surface area (Å²) in [5.74, 6) is 3.67. The van der Waals surface area contributed by atoms with E-state index in [9.17, 15) is 4.79 Å². The molecule has 0 saturated heterocycles. The van der Waals surface area contributed by atoms with Crippen LogP contribution in [0.5, 0.6) is 11.5 Å². The van der Waals surface area contributed by atoms with E-state index in [0.29, 0.717) is 17.1 Å². The summed E-state index contributed by atoms with van der Waals surface area (Å²) in [5, 5.41) is 7.76. The molecule has 7 heteroatoms. The molecule has 0 bridgehead atoms. The van der Waals surface area contributed by atoms with Gasteiger partial charge in [0.05, 0.1) is 11.2 Å². The molecule has 126 valence electrons. The topological polar surface area (TPSA) is 65.4 Å². The Labute approximate surface area is 144 Å². The van der Waals surface area contributed by atoms with Crippen LogP contribution in [0.4, 0.5) is 5.82 Å². The Morgan fingerprint density at radius 3 is 2.83 bits per heavy atom. The third-order valence-corrected chi connectivity index (χ3v) is 5.02. The fourth-order valence-corrected chi connectivity index (χ4v) is 3.88. The number of hydrogen-bond acceptors (Lipinski definition) is 5. The maximum Gasteiger partial charge on any atom is 0.256 e. The second-order valence-corrected chi connectivity index (χ2v) is 7.86. The summed E-state index contributed by atoms with van der Waals surface area (Å²) in [4.78, 5) is 12.7. The van der Waals surface area contributed by atoms with E-state index in [0.717, 1.165) is 28.6 Å². The molecule has 1 N–H and O–H groups in total. The van der Waals surface area contributed by atoms with Gasteiger partial charge in [-0.05, 0) is 39.0 Å². The van der Waals surface area contributed by atoms with Gasteiger partial charge in [-0.2, -0.15) is 16.9 Å². The molecule has 4 rings (SSSR count).